The van der Waals surface area contributed by atoms with E-state index < -0.39 is 5.91 Å². The Hall–Kier alpha value is -2.64. The van der Waals surface area contributed by atoms with Gasteiger partial charge in [0.25, 0.3) is 5.91 Å². The number of aromatic nitrogens is 1. The lowest BCUT2D eigenvalue weighted by molar-refractivity contribution is 0.100. The maximum absolute atomic E-state index is 11.9. The number of hydrogen-bond acceptors (Lipinski definition) is 5. The van der Waals surface area contributed by atoms with E-state index in [1.807, 2.05) is 42.5 Å². The van der Waals surface area contributed by atoms with E-state index in [0.717, 1.165) is 41.8 Å². The number of hydrogen-bond donors (Lipinski definition) is 2. The molecule has 2 aromatic heterocycles. The number of benzene rings is 2. The van der Waals surface area contributed by atoms with Gasteiger partial charge in [-0.15, -0.1) is 11.3 Å². The number of primary amides is 1. The van der Waals surface area contributed by atoms with Crippen molar-refractivity contribution in [3.8, 4) is 5.75 Å². The van der Waals surface area contributed by atoms with Crippen molar-refractivity contribution in [2.45, 2.75) is 6.54 Å². The molecule has 0 bridgehead atoms. The zero-order valence-electron chi connectivity index (χ0n) is 14.5. The zero-order chi connectivity index (χ0) is 19.0. The lowest BCUT2D eigenvalue weighted by atomic mass is 10.1. The number of ether oxygens (including phenoxy) is 1. The first-order valence-corrected chi connectivity index (χ1v) is 9.85. The highest BCUT2D eigenvalue weighted by atomic mass is 79.9. The molecule has 0 radical (unpaired) electrons. The molecular weight excluding hydrogens is 426 g/mol. The molecule has 0 saturated carbocycles. The monoisotopic (exact) mass is 441 g/mol. The SMILES string of the molecule is COc1ccc(CNc2ncc(C(N)=O)c3sc4cc(Br)ccc4c23)cc1. The second-order valence-electron chi connectivity index (χ2n) is 6.03. The number of nitrogens with one attached hydrogen (secondary N) is 1. The predicted molar refractivity (Wildman–Crippen MR) is 114 cm³/mol. The van der Waals surface area contributed by atoms with Gasteiger partial charge in [0.05, 0.1) is 17.4 Å². The van der Waals surface area contributed by atoms with E-state index in [9.17, 15) is 4.79 Å². The lowest BCUT2D eigenvalue weighted by Crippen LogP contribution is -2.12. The normalized spacial score (nSPS) is 11.0. The van der Waals surface area contributed by atoms with Crippen LogP contribution in [0.15, 0.2) is 53.1 Å². The fourth-order valence-electron chi connectivity index (χ4n) is 2.99. The largest absolute Gasteiger partial charge is 0.497 e. The van der Waals surface area contributed by atoms with E-state index in [1.165, 1.54) is 0 Å². The van der Waals surface area contributed by atoms with Crippen molar-refractivity contribution in [3.05, 3.63) is 64.3 Å². The number of rotatable bonds is 5. The molecule has 0 aliphatic heterocycles. The van der Waals surface area contributed by atoms with E-state index in [0.29, 0.717) is 12.1 Å². The van der Waals surface area contributed by atoms with Gasteiger partial charge >= 0.3 is 0 Å². The van der Waals surface area contributed by atoms with Crippen molar-refractivity contribution in [3.63, 3.8) is 0 Å². The fourth-order valence-corrected chi connectivity index (χ4v) is 4.76. The third-order valence-electron chi connectivity index (χ3n) is 4.34. The number of carbonyl (C=O) groups is 1. The molecule has 2 heterocycles. The number of amides is 1. The van der Waals surface area contributed by atoms with Crippen LogP contribution >= 0.6 is 27.3 Å². The van der Waals surface area contributed by atoms with Crippen molar-refractivity contribution < 1.29 is 9.53 Å². The first-order valence-electron chi connectivity index (χ1n) is 8.24. The van der Waals surface area contributed by atoms with Crippen LogP contribution in [0.5, 0.6) is 5.75 Å². The number of pyridine rings is 1. The van der Waals surface area contributed by atoms with Crippen molar-refractivity contribution in [1.29, 1.82) is 0 Å². The topological polar surface area (TPSA) is 77.2 Å². The molecular formula is C20H16BrN3O2S. The van der Waals surface area contributed by atoms with Crippen LogP contribution in [-0.4, -0.2) is 18.0 Å². The highest BCUT2D eigenvalue weighted by Gasteiger charge is 2.17. The van der Waals surface area contributed by atoms with Crippen molar-refractivity contribution >= 4 is 59.2 Å². The summed E-state index contributed by atoms with van der Waals surface area (Å²) in [7, 11) is 1.65. The van der Waals surface area contributed by atoms with Gasteiger partial charge in [-0.1, -0.05) is 34.1 Å². The molecule has 5 nitrogen and oxygen atoms in total. The smallest absolute Gasteiger partial charge is 0.251 e. The quantitative estimate of drug-likeness (QED) is 0.460. The molecule has 27 heavy (non-hydrogen) atoms. The van der Waals surface area contributed by atoms with Crippen LogP contribution in [0.25, 0.3) is 20.2 Å². The molecule has 0 atom stereocenters. The van der Waals surface area contributed by atoms with Gasteiger partial charge in [-0.2, -0.15) is 0 Å². The summed E-state index contributed by atoms with van der Waals surface area (Å²) in [6, 6.07) is 13.9. The van der Waals surface area contributed by atoms with E-state index in [-0.39, 0.29) is 0 Å². The van der Waals surface area contributed by atoms with Gasteiger partial charge in [-0.3, -0.25) is 4.79 Å². The summed E-state index contributed by atoms with van der Waals surface area (Å²) >= 11 is 5.05. The summed E-state index contributed by atoms with van der Waals surface area (Å²) in [5.74, 6) is 1.08. The minimum Gasteiger partial charge on any atom is -0.497 e. The summed E-state index contributed by atoms with van der Waals surface area (Å²) in [5.41, 5.74) is 7.11. The number of thiophene rings is 1. The number of methoxy groups -OCH3 is 1. The molecule has 7 heteroatoms. The maximum Gasteiger partial charge on any atom is 0.251 e. The van der Waals surface area contributed by atoms with E-state index >= 15 is 0 Å². The fraction of sp³-hybridized carbons (Fsp3) is 0.100. The van der Waals surface area contributed by atoms with Gasteiger partial charge < -0.3 is 15.8 Å². The van der Waals surface area contributed by atoms with Crippen LogP contribution < -0.4 is 15.8 Å². The van der Waals surface area contributed by atoms with E-state index in [4.69, 9.17) is 10.5 Å². The molecule has 0 unspecified atom stereocenters. The number of carbonyl (C=O) groups excluding carboxylic acids is 1. The van der Waals surface area contributed by atoms with Gasteiger partial charge in [-0.25, -0.2) is 4.98 Å². The third-order valence-corrected chi connectivity index (χ3v) is 6.02. The molecule has 0 aliphatic carbocycles. The van der Waals surface area contributed by atoms with Gasteiger partial charge in [0.1, 0.15) is 11.6 Å². The zero-order valence-corrected chi connectivity index (χ0v) is 16.9. The second kappa shape index (κ2) is 7.17. The Kier molecular flexibility index (Phi) is 4.72. The molecule has 0 fully saturated rings. The highest BCUT2D eigenvalue weighted by molar-refractivity contribution is 9.10. The van der Waals surface area contributed by atoms with E-state index in [1.54, 1.807) is 24.6 Å². The maximum atomic E-state index is 11.9. The Morgan fingerprint density at radius 3 is 2.74 bits per heavy atom. The van der Waals surface area contributed by atoms with Crippen LogP contribution in [0.3, 0.4) is 0 Å². The number of fused-ring (bicyclic) bond motifs is 3. The number of nitrogens with zero attached hydrogens (tertiary/aromatic N) is 1. The van der Waals surface area contributed by atoms with E-state index in [2.05, 4.69) is 26.2 Å². The number of anilines is 1. The summed E-state index contributed by atoms with van der Waals surface area (Å²) in [4.78, 5) is 16.3. The Labute approximate surface area is 168 Å². The van der Waals surface area contributed by atoms with Crippen molar-refractivity contribution in [2.24, 2.45) is 5.73 Å². The molecule has 3 N–H and O–H groups in total. The van der Waals surface area contributed by atoms with Gasteiger partial charge in [0.15, 0.2) is 0 Å². The molecule has 0 aliphatic rings. The first-order chi connectivity index (χ1) is 13.1. The molecule has 1 amide bonds. The minimum absolute atomic E-state index is 0.442. The standard InChI is InChI=1S/C20H16BrN3O2S/c1-26-13-5-2-11(3-6-13)9-23-20-17-14-7-4-12(21)8-16(14)27-18(17)15(10-24-20)19(22)25/h2-8,10H,9H2,1H3,(H2,22,25)(H,23,24). The van der Waals surface area contributed by atoms with Crippen LogP contribution in [0.4, 0.5) is 5.82 Å². The number of halogens is 1. The Bertz CT molecular complexity index is 1160. The summed E-state index contributed by atoms with van der Waals surface area (Å²) < 4.78 is 8.10. The minimum atomic E-state index is -0.472. The first kappa shape index (κ1) is 17.8. The Morgan fingerprint density at radius 1 is 1.26 bits per heavy atom. The summed E-state index contributed by atoms with van der Waals surface area (Å²) in [6.45, 7) is 0.607. The predicted octanol–water partition coefficient (Wildman–Crippen LogP) is 4.93. The van der Waals surface area contributed by atoms with Crippen LogP contribution in [0.2, 0.25) is 0 Å². The van der Waals surface area contributed by atoms with Crippen LogP contribution in [0.1, 0.15) is 15.9 Å². The molecule has 4 aromatic rings. The summed E-state index contributed by atoms with van der Waals surface area (Å²) in [5, 5.41) is 5.36. The van der Waals surface area contributed by atoms with Gasteiger partial charge in [0.2, 0.25) is 0 Å². The van der Waals surface area contributed by atoms with Crippen LogP contribution in [-0.2, 0) is 6.54 Å². The average molecular weight is 442 g/mol. The average Bonchev–Trinajstić information content (AvgIpc) is 3.04. The molecule has 2 aromatic carbocycles. The molecule has 4 rings (SSSR count). The molecule has 0 spiro atoms. The van der Waals surface area contributed by atoms with Crippen LogP contribution in [0, 0.1) is 0 Å². The van der Waals surface area contributed by atoms with Crippen molar-refractivity contribution in [1.82, 2.24) is 4.98 Å². The highest BCUT2D eigenvalue weighted by Crippen LogP contribution is 2.40. The molecule has 0 saturated heterocycles. The van der Waals surface area contributed by atoms with Gasteiger partial charge in [0, 0.05) is 32.7 Å². The Morgan fingerprint density at radius 2 is 2.04 bits per heavy atom. The Balaban J connectivity index is 1.78. The van der Waals surface area contributed by atoms with Gasteiger partial charge in [-0.05, 0) is 29.8 Å². The number of nitrogens with two attached hydrogens (primary N) is 1. The lowest BCUT2D eigenvalue weighted by Gasteiger charge is -2.09. The summed E-state index contributed by atoms with van der Waals surface area (Å²) in [6.07, 6.45) is 1.55. The second-order valence-corrected chi connectivity index (χ2v) is 8.00. The third kappa shape index (κ3) is 3.36. The van der Waals surface area contributed by atoms with Crippen molar-refractivity contribution in [2.75, 3.05) is 12.4 Å². The molecule has 136 valence electrons.